The van der Waals surface area contributed by atoms with Gasteiger partial charge in [0.2, 0.25) is 0 Å². The quantitative estimate of drug-likeness (QED) is 0.522. The molecule has 0 saturated carbocycles. The van der Waals surface area contributed by atoms with Crippen LogP contribution in [0.15, 0.2) is 36.4 Å². The topological polar surface area (TPSA) is 163 Å². The van der Waals surface area contributed by atoms with E-state index in [1.165, 1.54) is 25.3 Å². The second-order valence-corrected chi connectivity index (χ2v) is 5.43. The maximum atomic E-state index is 12.4. The van der Waals surface area contributed by atoms with E-state index in [0.29, 0.717) is 0 Å². The van der Waals surface area contributed by atoms with Gasteiger partial charge in [0.25, 0.3) is 23.2 Å². The van der Waals surface area contributed by atoms with E-state index in [-0.39, 0.29) is 34.9 Å². The van der Waals surface area contributed by atoms with E-state index >= 15 is 0 Å². The lowest BCUT2D eigenvalue weighted by molar-refractivity contribution is -0.385. The fraction of sp³-hybridized carbons (Fsp3) is 0.176. The van der Waals surface area contributed by atoms with Crippen LogP contribution >= 0.6 is 0 Å². The van der Waals surface area contributed by atoms with Crippen molar-refractivity contribution in [1.82, 2.24) is 10.9 Å². The molecule has 0 aliphatic rings. The molecule has 0 aliphatic carbocycles. The number of rotatable bonds is 7. The highest BCUT2D eigenvalue weighted by Crippen LogP contribution is 2.34. The largest absolute Gasteiger partial charge is 0.493 e. The van der Waals surface area contributed by atoms with Crippen LogP contribution in [0.3, 0.4) is 0 Å². The molecule has 0 fully saturated rings. The molecule has 0 spiro atoms. The van der Waals surface area contributed by atoms with Crippen molar-refractivity contribution in [2.45, 2.75) is 6.92 Å². The first-order chi connectivity index (χ1) is 13.8. The molecule has 152 valence electrons. The van der Waals surface area contributed by atoms with Crippen LogP contribution in [0, 0.1) is 20.2 Å². The zero-order chi connectivity index (χ0) is 21.6. The minimum absolute atomic E-state index is 0.0655. The minimum Gasteiger partial charge on any atom is -0.493 e. The van der Waals surface area contributed by atoms with E-state index < -0.39 is 27.3 Å². The molecule has 0 radical (unpaired) electrons. The number of nitro groups is 2. The molecule has 12 nitrogen and oxygen atoms in total. The van der Waals surface area contributed by atoms with Crippen LogP contribution in [0.2, 0.25) is 0 Å². The summed E-state index contributed by atoms with van der Waals surface area (Å²) in [6, 6.07) is 6.97. The number of carbonyl (C=O) groups excluding carboxylic acids is 2. The highest BCUT2D eigenvalue weighted by Gasteiger charge is 2.25. The number of benzene rings is 2. The first-order valence-corrected chi connectivity index (χ1v) is 8.12. The fourth-order valence-corrected chi connectivity index (χ4v) is 2.32. The average Bonchev–Trinajstić information content (AvgIpc) is 2.71. The average molecular weight is 404 g/mol. The molecule has 2 amide bonds. The third-order valence-corrected chi connectivity index (χ3v) is 3.63. The lowest BCUT2D eigenvalue weighted by Gasteiger charge is -2.12. The molecule has 2 rings (SSSR count). The fourth-order valence-electron chi connectivity index (χ4n) is 2.32. The van der Waals surface area contributed by atoms with Crippen molar-refractivity contribution < 1.29 is 28.9 Å². The van der Waals surface area contributed by atoms with Crippen molar-refractivity contribution in [3.8, 4) is 11.5 Å². The zero-order valence-electron chi connectivity index (χ0n) is 15.3. The smallest absolute Gasteiger partial charge is 0.286 e. The lowest BCUT2D eigenvalue weighted by Crippen LogP contribution is -2.41. The molecule has 2 N–H and O–H groups in total. The van der Waals surface area contributed by atoms with E-state index in [2.05, 4.69) is 5.43 Å². The summed E-state index contributed by atoms with van der Waals surface area (Å²) >= 11 is 0. The van der Waals surface area contributed by atoms with Gasteiger partial charge < -0.3 is 9.47 Å². The van der Waals surface area contributed by atoms with Gasteiger partial charge in [-0.2, -0.15) is 0 Å². The number of nitrogens with zero attached hydrogens (tertiary/aromatic N) is 2. The summed E-state index contributed by atoms with van der Waals surface area (Å²) in [5.74, 6) is -1.66. The molecule has 2 aromatic rings. The molecular weight excluding hydrogens is 388 g/mol. The Bertz CT molecular complexity index is 976. The van der Waals surface area contributed by atoms with Gasteiger partial charge in [0.15, 0.2) is 11.5 Å². The lowest BCUT2D eigenvalue weighted by atomic mass is 10.1. The monoisotopic (exact) mass is 404 g/mol. The van der Waals surface area contributed by atoms with E-state index in [4.69, 9.17) is 9.47 Å². The molecule has 0 bridgehead atoms. The Balaban J connectivity index is 2.24. The normalized spacial score (nSPS) is 10.0. The molecular formula is C17H16N4O8. The Morgan fingerprint density at radius 3 is 2.28 bits per heavy atom. The Morgan fingerprint density at radius 2 is 1.69 bits per heavy atom. The van der Waals surface area contributed by atoms with E-state index in [9.17, 15) is 29.8 Å². The van der Waals surface area contributed by atoms with Crippen molar-refractivity contribution in [2.24, 2.45) is 0 Å². The molecule has 0 unspecified atom stereocenters. The first kappa shape index (κ1) is 21.1. The van der Waals surface area contributed by atoms with Crippen molar-refractivity contribution in [3.63, 3.8) is 0 Å². The van der Waals surface area contributed by atoms with Gasteiger partial charge in [0.1, 0.15) is 5.56 Å². The van der Waals surface area contributed by atoms with E-state index in [1.807, 2.05) is 5.43 Å². The molecule has 0 aliphatic heterocycles. The number of non-ortho nitro benzene ring substituents is 1. The van der Waals surface area contributed by atoms with Gasteiger partial charge in [-0.3, -0.25) is 40.7 Å². The summed E-state index contributed by atoms with van der Waals surface area (Å²) < 4.78 is 10.3. The van der Waals surface area contributed by atoms with E-state index in [0.717, 1.165) is 18.2 Å². The standard InChI is InChI=1S/C17H16N4O8/c1-3-29-15-8-12(13(21(26)27)9-14(15)28-2)17(23)19-18-16(22)10-5-4-6-11(7-10)20(24)25/h4-9H,3H2,1-2H3,(H,18,22)(H,19,23). The number of nitrogens with one attached hydrogen (secondary N) is 2. The van der Waals surface area contributed by atoms with Crippen LogP contribution in [0.4, 0.5) is 11.4 Å². The predicted molar refractivity (Wildman–Crippen MR) is 98.8 cm³/mol. The minimum atomic E-state index is -0.987. The SMILES string of the molecule is CCOc1cc(C(=O)NNC(=O)c2cccc([N+](=O)[O-])c2)c([N+](=O)[O-])cc1OC. The molecule has 0 saturated heterocycles. The number of ether oxygens (including phenoxy) is 2. The van der Waals surface area contributed by atoms with Gasteiger partial charge in [0.05, 0.1) is 29.6 Å². The molecule has 29 heavy (non-hydrogen) atoms. The van der Waals surface area contributed by atoms with Gasteiger partial charge in [-0.15, -0.1) is 0 Å². The first-order valence-electron chi connectivity index (χ1n) is 8.12. The zero-order valence-corrected chi connectivity index (χ0v) is 15.3. The number of amides is 2. The third kappa shape index (κ3) is 4.94. The maximum absolute atomic E-state index is 12.4. The van der Waals surface area contributed by atoms with Gasteiger partial charge in [-0.1, -0.05) is 6.07 Å². The highest BCUT2D eigenvalue weighted by atomic mass is 16.6. The Morgan fingerprint density at radius 1 is 1.00 bits per heavy atom. The molecule has 0 atom stereocenters. The third-order valence-electron chi connectivity index (χ3n) is 3.63. The predicted octanol–water partition coefficient (Wildman–Crippen LogP) is 1.99. The van der Waals surface area contributed by atoms with Crippen LogP contribution in [0.5, 0.6) is 11.5 Å². The number of carbonyl (C=O) groups is 2. The summed E-state index contributed by atoms with van der Waals surface area (Å²) in [6.45, 7) is 1.90. The van der Waals surface area contributed by atoms with Gasteiger partial charge in [-0.05, 0) is 13.0 Å². The van der Waals surface area contributed by atoms with Crippen LogP contribution < -0.4 is 20.3 Å². The highest BCUT2D eigenvalue weighted by molar-refractivity contribution is 6.02. The Labute approximate surface area is 163 Å². The second-order valence-electron chi connectivity index (χ2n) is 5.43. The van der Waals surface area contributed by atoms with Crippen molar-refractivity contribution in [1.29, 1.82) is 0 Å². The van der Waals surface area contributed by atoms with Gasteiger partial charge in [0, 0.05) is 23.8 Å². The van der Waals surface area contributed by atoms with E-state index in [1.54, 1.807) is 6.92 Å². The molecule has 12 heteroatoms. The second kappa shape index (κ2) is 9.12. The van der Waals surface area contributed by atoms with Crippen LogP contribution in [0.25, 0.3) is 0 Å². The number of hydrogen-bond donors (Lipinski definition) is 2. The summed E-state index contributed by atoms with van der Waals surface area (Å²) in [7, 11) is 1.29. The summed E-state index contributed by atoms with van der Waals surface area (Å²) in [5, 5.41) is 22.1. The molecule has 0 heterocycles. The number of hydrogen-bond acceptors (Lipinski definition) is 8. The van der Waals surface area contributed by atoms with Crippen molar-refractivity contribution >= 4 is 23.2 Å². The summed E-state index contributed by atoms with van der Waals surface area (Å²) in [6.07, 6.45) is 0. The van der Waals surface area contributed by atoms with Crippen LogP contribution in [0.1, 0.15) is 27.6 Å². The number of hydrazine groups is 1. The molecule has 2 aromatic carbocycles. The van der Waals surface area contributed by atoms with Crippen molar-refractivity contribution in [3.05, 3.63) is 67.8 Å². The Kier molecular flexibility index (Phi) is 6.63. The Hall–Kier alpha value is -4.22. The number of methoxy groups -OCH3 is 1. The van der Waals surface area contributed by atoms with Crippen molar-refractivity contribution in [2.75, 3.05) is 13.7 Å². The van der Waals surface area contributed by atoms with Gasteiger partial charge in [-0.25, -0.2) is 0 Å². The molecule has 0 aromatic heterocycles. The summed E-state index contributed by atoms with van der Waals surface area (Å²) in [4.78, 5) is 45.1. The summed E-state index contributed by atoms with van der Waals surface area (Å²) in [5.41, 5.74) is 2.76. The van der Waals surface area contributed by atoms with Gasteiger partial charge >= 0.3 is 0 Å². The van der Waals surface area contributed by atoms with Crippen LogP contribution in [-0.4, -0.2) is 35.4 Å². The maximum Gasteiger partial charge on any atom is 0.286 e. The number of nitro benzene ring substituents is 2. The van der Waals surface area contributed by atoms with Crippen LogP contribution in [-0.2, 0) is 0 Å².